The van der Waals surface area contributed by atoms with Gasteiger partial charge in [0.05, 0.1) is 5.52 Å². The first-order chi connectivity index (χ1) is 8.07. The topological polar surface area (TPSA) is 54.5 Å². The summed E-state index contributed by atoms with van der Waals surface area (Å²) < 4.78 is 0. The van der Waals surface area contributed by atoms with Gasteiger partial charge in [-0.25, -0.2) is 0 Å². The third kappa shape index (κ3) is 1.48. The van der Waals surface area contributed by atoms with Crippen LogP contribution in [0.4, 0.5) is 0 Å². The lowest BCUT2D eigenvalue weighted by Crippen LogP contribution is -2.11. The van der Waals surface area contributed by atoms with E-state index in [1.807, 2.05) is 6.07 Å². The molecule has 2 aromatic heterocycles. The zero-order chi connectivity index (χ0) is 12.0. The van der Waals surface area contributed by atoms with Crippen LogP contribution in [0, 0.1) is 0 Å². The quantitative estimate of drug-likeness (QED) is 0.641. The van der Waals surface area contributed by atoms with E-state index in [2.05, 4.69) is 47.0 Å². The molecule has 1 N–H and O–H groups in total. The first-order valence-corrected chi connectivity index (χ1v) is 5.65. The molecule has 4 nitrogen and oxygen atoms in total. The van der Waals surface area contributed by atoms with Crippen LogP contribution in [0.1, 0.15) is 26.5 Å². The SMILES string of the molecule is CC(C)(C)c1[nH]nc2c1ccc1nccnc12. The van der Waals surface area contributed by atoms with Crippen molar-refractivity contribution in [2.24, 2.45) is 0 Å². The van der Waals surface area contributed by atoms with Crippen LogP contribution in [-0.4, -0.2) is 20.2 Å². The highest BCUT2D eigenvalue weighted by Crippen LogP contribution is 2.30. The molecule has 0 amide bonds. The standard InChI is InChI=1S/C13H14N4/c1-13(2,3)12-8-4-5-9-11(10(8)16-17-12)15-7-6-14-9/h4-7H,1-3H3,(H,16,17). The van der Waals surface area contributed by atoms with Gasteiger partial charge in [-0.3, -0.25) is 15.1 Å². The Morgan fingerprint density at radius 3 is 2.53 bits per heavy atom. The molecule has 0 unspecified atom stereocenters. The minimum atomic E-state index is 0.0463. The fourth-order valence-corrected chi connectivity index (χ4v) is 2.08. The Bertz CT molecular complexity index is 691. The highest BCUT2D eigenvalue weighted by molar-refractivity contribution is 6.02. The molecule has 0 aliphatic carbocycles. The Kier molecular flexibility index (Phi) is 1.96. The van der Waals surface area contributed by atoms with Crippen LogP contribution < -0.4 is 0 Å². The summed E-state index contributed by atoms with van der Waals surface area (Å²) in [5.74, 6) is 0. The number of nitrogens with zero attached hydrogens (tertiary/aromatic N) is 3. The Morgan fingerprint density at radius 2 is 1.76 bits per heavy atom. The summed E-state index contributed by atoms with van der Waals surface area (Å²) in [6, 6.07) is 4.06. The number of aromatic nitrogens is 4. The summed E-state index contributed by atoms with van der Waals surface area (Å²) in [5, 5.41) is 8.64. The second kappa shape index (κ2) is 3.26. The maximum absolute atomic E-state index is 4.39. The van der Waals surface area contributed by atoms with Crippen LogP contribution in [0.5, 0.6) is 0 Å². The number of rotatable bonds is 0. The van der Waals surface area contributed by atoms with Gasteiger partial charge in [-0.15, -0.1) is 0 Å². The van der Waals surface area contributed by atoms with Crippen LogP contribution in [0.2, 0.25) is 0 Å². The van der Waals surface area contributed by atoms with Crippen molar-refractivity contribution in [1.29, 1.82) is 0 Å². The van der Waals surface area contributed by atoms with E-state index in [1.165, 1.54) is 0 Å². The molecule has 3 rings (SSSR count). The average molecular weight is 226 g/mol. The van der Waals surface area contributed by atoms with Gasteiger partial charge in [0.2, 0.25) is 0 Å². The Labute approximate surface area is 99.1 Å². The van der Waals surface area contributed by atoms with Crippen LogP contribution >= 0.6 is 0 Å². The van der Waals surface area contributed by atoms with Gasteiger partial charge in [0, 0.05) is 28.9 Å². The van der Waals surface area contributed by atoms with E-state index in [0.29, 0.717) is 0 Å². The van der Waals surface area contributed by atoms with Crippen molar-refractivity contribution in [2.45, 2.75) is 26.2 Å². The predicted octanol–water partition coefficient (Wildman–Crippen LogP) is 2.80. The van der Waals surface area contributed by atoms with Crippen LogP contribution in [-0.2, 0) is 5.41 Å². The summed E-state index contributed by atoms with van der Waals surface area (Å²) in [5.41, 5.74) is 3.83. The summed E-state index contributed by atoms with van der Waals surface area (Å²) in [6.45, 7) is 6.50. The minimum absolute atomic E-state index is 0.0463. The molecule has 0 spiro atoms. The van der Waals surface area contributed by atoms with Gasteiger partial charge in [0.1, 0.15) is 11.0 Å². The highest BCUT2D eigenvalue weighted by Gasteiger charge is 2.20. The van der Waals surface area contributed by atoms with Gasteiger partial charge in [0.25, 0.3) is 0 Å². The monoisotopic (exact) mass is 226 g/mol. The van der Waals surface area contributed by atoms with E-state index in [4.69, 9.17) is 0 Å². The third-order valence-corrected chi connectivity index (χ3v) is 2.91. The first kappa shape index (κ1) is 10.2. The van der Waals surface area contributed by atoms with E-state index in [9.17, 15) is 0 Å². The number of H-pyrrole nitrogens is 1. The second-order valence-corrected chi connectivity index (χ2v) is 5.23. The summed E-state index contributed by atoms with van der Waals surface area (Å²) >= 11 is 0. The van der Waals surface area contributed by atoms with Gasteiger partial charge >= 0.3 is 0 Å². The van der Waals surface area contributed by atoms with Crippen molar-refractivity contribution in [3.63, 3.8) is 0 Å². The molecule has 1 aromatic carbocycles. The van der Waals surface area contributed by atoms with E-state index in [1.54, 1.807) is 12.4 Å². The molecule has 3 aromatic rings. The largest absolute Gasteiger partial charge is 0.281 e. The summed E-state index contributed by atoms with van der Waals surface area (Å²) in [7, 11) is 0. The first-order valence-electron chi connectivity index (χ1n) is 5.65. The average Bonchev–Trinajstić information content (AvgIpc) is 2.72. The Balaban J connectivity index is 2.43. The molecule has 2 heterocycles. The van der Waals surface area contributed by atoms with E-state index in [-0.39, 0.29) is 5.41 Å². The highest BCUT2D eigenvalue weighted by atomic mass is 15.1. The number of fused-ring (bicyclic) bond motifs is 3. The third-order valence-electron chi connectivity index (χ3n) is 2.91. The Morgan fingerprint density at radius 1 is 1.00 bits per heavy atom. The Hall–Kier alpha value is -1.97. The van der Waals surface area contributed by atoms with Gasteiger partial charge < -0.3 is 0 Å². The summed E-state index contributed by atoms with van der Waals surface area (Å²) in [6.07, 6.45) is 3.40. The molecule has 4 heteroatoms. The van der Waals surface area contributed by atoms with Gasteiger partial charge in [-0.2, -0.15) is 5.10 Å². The molecule has 0 atom stereocenters. The lowest BCUT2D eigenvalue weighted by atomic mass is 9.90. The van der Waals surface area contributed by atoms with E-state index in [0.717, 1.165) is 27.6 Å². The lowest BCUT2D eigenvalue weighted by molar-refractivity contribution is 0.571. The summed E-state index contributed by atoms with van der Waals surface area (Å²) in [4.78, 5) is 8.65. The minimum Gasteiger partial charge on any atom is -0.281 e. The molecule has 17 heavy (non-hydrogen) atoms. The number of hydrogen-bond donors (Lipinski definition) is 1. The molecule has 0 bridgehead atoms. The van der Waals surface area contributed by atoms with Crippen molar-refractivity contribution in [2.75, 3.05) is 0 Å². The van der Waals surface area contributed by atoms with Gasteiger partial charge in [-0.1, -0.05) is 20.8 Å². The van der Waals surface area contributed by atoms with Crippen LogP contribution in [0.3, 0.4) is 0 Å². The van der Waals surface area contributed by atoms with Gasteiger partial charge in [-0.05, 0) is 12.1 Å². The molecule has 0 fully saturated rings. The zero-order valence-electron chi connectivity index (χ0n) is 10.2. The van der Waals surface area contributed by atoms with Crippen LogP contribution in [0.15, 0.2) is 24.5 Å². The van der Waals surface area contributed by atoms with Crippen molar-refractivity contribution in [1.82, 2.24) is 20.2 Å². The predicted molar refractivity (Wildman–Crippen MR) is 67.9 cm³/mol. The van der Waals surface area contributed by atoms with Crippen molar-refractivity contribution >= 4 is 21.9 Å². The number of benzene rings is 1. The smallest absolute Gasteiger partial charge is 0.120 e. The van der Waals surface area contributed by atoms with Crippen molar-refractivity contribution in [3.8, 4) is 0 Å². The molecule has 0 saturated heterocycles. The molecular weight excluding hydrogens is 212 g/mol. The molecule has 0 aliphatic heterocycles. The van der Waals surface area contributed by atoms with Crippen LogP contribution in [0.25, 0.3) is 21.9 Å². The molecule has 86 valence electrons. The van der Waals surface area contributed by atoms with E-state index < -0.39 is 0 Å². The molecular formula is C13H14N4. The lowest BCUT2D eigenvalue weighted by Gasteiger charge is -2.16. The van der Waals surface area contributed by atoms with Crippen molar-refractivity contribution in [3.05, 3.63) is 30.2 Å². The fourth-order valence-electron chi connectivity index (χ4n) is 2.08. The number of aromatic amines is 1. The molecule has 0 saturated carbocycles. The normalized spacial score (nSPS) is 12.4. The number of hydrogen-bond acceptors (Lipinski definition) is 3. The zero-order valence-corrected chi connectivity index (χ0v) is 10.2. The van der Waals surface area contributed by atoms with Crippen molar-refractivity contribution < 1.29 is 0 Å². The number of nitrogens with one attached hydrogen (secondary N) is 1. The maximum atomic E-state index is 4.39. The maximum Gasteiger partial charge on any atom is 0.120 e. The van der Waals surface area contributed by atoms with Gasteiger partial charge in [0.15, 0.2) is 0 Å². The fraction of sp³-hybridized carbons (Fsp3) is 0.308. The second-order valence-electron chi connectivity index (χ2n) is 5.23. The molecule has 0 aliphatic rings. The molecule has 0 radical (unpaired) electrons. The van der Waals surface area contributed by atoms with E-state index >= 15 is 0 Å².